The summed E-state index contributed by atoms with van der Waals surface area (Å²) in [6.07, 6.45) is 6.16. The monoisotopic (exact) mass is 198 g/mol. The normalized spacial score (nSPS) is 15.2. The third-order valence-corrected chi connectivity index (χ3v) is 7.31. The Morgan fingerprint density at radius 2 is 1.85 bits per heavy atom. The number of rotatable bonds is 3. The van der Waals surface area contributed by atoms with Gasteiger partial charge in [0.05, 0.1) is 6.10 Å². The van der Waals surface area contributed by atoms with E-state index in [1.165, 1.54) is 0 Å². The van der Waals surface area contributed by atoms with Crippen LogP contribution in [-0.4, -0.2) is 14.4 Å². The molecule has 0 saturated heterocycles. The van der Waals surface area contributed by atoms with Gasteiger partial charge in [0.2, 0.25) is 0 Å². The first-order valence-corrected chi connectivity index (χ1v) is 7.73. The molecular formula is C11H22OSi. The van der Waals surface area contributed by atoms with E-state index < -0.39 is 8.32 Å². The van der Waals surface area contributed by atoms with Gasteiger partial charge in [-0.2, -0.15) is 0 Å². The fourth-order valence-electron chi connectivity index (χ4n) is 0.887. The van der Waals surface area contributed by atoms with Crippen LogP contribution >= 0.6 is 0 Å². The van der Waals surface area contributed by atoms with Crippen LogP contribution in [0.3, 0.4) is 0 Å². The first-order chi connectivity index (χ1) is 5.70. The van der Waals surface area contributed by atoms with E-state index in [0.717, 1.165) is 0 Å². The van der Waals surface area contributed by atoms with Crippen LogP contribution in [0.15, 0.2) is 0 Å². The van der Waals surface area contributed by atoms with Gasteiger partial charge in [-0.15, -0.1) is 12.3 Å². The van der Waals surface area contributed by atoms with Crippen LogP contribution in [-0.2, 0) is 4.43 Å². The van der Waals surface area contributed by atoms with Crippen molar-refractivity contribution in [3.8, 4) is 12.3 Å². The van der Waals surface area contributed by atoms with Crippen molar-refractivity contribution in [1.82, 2.24) is 0 Å². The maximum Gasteiger partial charge on any atom is 0.192 e. The van der Waals surface area contributed by atoms with E-state index in [1.54, 1.807) is 0 Å². The van der Waals surface area contributed by atoms with E-state index in [1.807, 2.05) is 0 Å². The summed E-state index contributed by atoms with van der Waals surface area (Å²) in [4.78, 5) is 0. The van der Waals surface area contributed by atoms with Gasteiger partial charge in [-0.05, 0) is 25.1 Å². The average molecular weight is 198 g/mol. The fraction of sp³-hybridized carbons (Fsp3) is 0.818. The minimum atomic E-state index is -1.60. The lowest BCUT2D eigenvalue weighted by molar-refractivity contribution is 0.204. The Kier molecular flexibility index (Phi) is 4.21. The average Bonchev–Trinajstić information content (AvgIpc) is 1.83. The third kappa shape index (κ3) is 3.97. The zero-order valence-electron chi connectivity index (χ0n) is 9.77. The molecule has 0 N–H and O–H groups in total. The zero-order chi connectivity index (χ0) is 10.7. The molecule has 13 heavy (non-hydrogen) atoms. The van der Waals surface area contributed by atoms with Crippen molar-refractivity contribution in [2.24, 2.45) is 0 Å². The Hall–Kier alpha value is -0.263. The highest BCUT2D eigenvalue weighted by Crippen LogP contribution is 2.37. The zero-order valence-corrected chi connectivity index (χ0v) is 10.8. The molecule has 0 aliphatic rings. The smallest absolute Gasteiger partial charge is 0.192 e. The minimum Gasteiger partial charge on any atom is -0.413 e. The molecule has 0 unspecified atom stereocenters. The molecule has 2 heteroatoms. The van der Waals surface area contributed by atoms with Gasteiger partial charge in [0.25, 0.3) is 0 Å². The van der Waals surface area contributed by atoms with Crippen LogP contribution in [0.25, 0.3) is 0 Å². The molecular weight excluding hydrogens is 176 g/mol. The van der Waals surface area contributed by atoms with Gasteiger partial charge < -0.3 is 4.43 Å². The number of terminal acetylenes is 1. The second kappa shape index (κ2) is 4.30. The standard InChI is InChI=1S/C11H22OSi/c1-8-9-10(2)12-13(6,7)11(3,4)5/h1,10H,9H2,2-7H3/t10-/m1/s1. The second-order valence-electron chi connectivity index (χ2n) is 5.10. The Balaban J connectivity index is 4.27. The Labute approximate surface area is 84.0 Å². The van der Waals surface area contributed by atoms with Crippen LogP contribution in [0.1, 0.15) is 34.1 Å². The highest BCUT2D eigenvalue weighted by Gasteiger charge is 2.38. The molecule has 0 aliphatic carbocycles. The Morgan fingerprint density at radius 3 is 2.15 bits per heavy atom. The Morgan fingerprint density at radius 1 is 1.38 bits per heavy atom. The molecule has 0 heterocycles. The van der Waals surface area contributed by atoms with Gasteiger partial charge in [-0.3, -0.25) is 0 Å². The quantitative estimate of drug-likeness (QED) is 0.499. The van der Waals surface area contributed by atoms with Gasteiger partial charge in [-0.1, -0.05) is 20.8 Å². The summed E-state index contributed by atoms with van der Waals surface area (Å²) in [5.74, 6) is 2.64. The minimum absolute atomic E-state index is 0.200. The summed E-state index contributed by atoms with van der Waals surface area (Å²) < 4.78 is 6.04. The van der Waals surface area contributed by atoms with Gasteiger partial charge in [0, 0.05) is 6.42 Å². The first-order valence-electron chi connectivity index (χ1n) is 4.82. The molecule has 0 spiro atoms. The lowest BCUT2D eigenvalue weighted by atomic mass is 10.2. The van der Waals surface area contributed by atoms with E-state index in [4.69, 9.17) is 10.8 Å². The first kappa shape index (κ1) is 12.7. The Bertz CT molecular complexity index is 195. The van der Waals surface area contributed by atoms with Crippen molar-refractivity contribution >= 4 is 8.32 Å². The maximum absolute atomic E-state index is 6.04. The summed E-state index contributed by atoms with van der Waals surface area (Å²) in [5.41, 5.74) is 0. The molecule has 0 aromatic heterocycles. The van der Waals surface area contributed by atoms with Crippen molar-refractivity contribution in [3.05, 3.63) is 0 Å². The highest BCUT2D eigenvalue weighted by atomic mass is 28.4. The largest absolute Gasteiger partial charge is 0.413 e. The van der Waals surface area contributed by atoms with E-state index in [0.29, 0.717) is 6.42 Å². The van der Waals surface area contributed by atoms with Gasteiger partial charge in [0.1, 0.15) is 0 Å². The highest BCUT2D eigenvalue weighted by molar-refractivity contribution is 6.74. The molecule has 76 valence electrons. The van der Waals surface area contributed by atoms with Crippen LogP contribution in [0.5, 0.6) is 0 Å². The van der Waals surface area contributed by atoms with Crippen LogP contribution < -0.4 is 0 Å². The topological polar surface area (TPSA) is 9.23 Å². The van der Waals surface area contributed by atoms with Gasteiger partial charge >= 0.3 is 0 Å². The van der Waals surface area contributed by atoms with Crippen molar-refractivity contribution in [3.63, 3.8) is 0 Å². The van der Waals surface area contributed by atoms with Crippen LogP contribution in [0.4, 0.5) is 0 Å². The van der Waals surface area contributed by atoms with Crippen molar-refractivity contribution < 1.29 is 4.43 Å². The summed E-state index contributed by atoms with van der Waals surface area (Å²) in [7, 11) is -1.60. The molecule has 0 fully saturated rings. The van der Waals surface area contributed by atoms with Crippen molar-refractivity contribution in [2.75, 3.05) is 0 Å². The lowest BCUT2D eigenvalue weighted by Gasteiger charge is -2.38. The van der Waals surface area contributed by atoms with E-state index >= 15 is 0 Å². The summed E-state index contributed by atoms with van der Waals surface area (Å²) >= 11 is 0. The molecule has 0 rings (SSSR count). The SMILES string of the molecule is C#CC[C@@H](C)O[Si](C)(C)C(C)(C)C. The second-order valence-corrected chi connectivity index (χ2v) is 9.85. The summed E-state index contributed by atoms with van der Waals surface area (Å²) in [5, 5.41) is 0.274. The molecule has 0 amide bonds. The molecule has 0 aromatic rings. The van der Waals surface area contributed by atoms with E-state index in [9.17, 15) is 0 Å². The number of hydrogen-bond acceptors (Lipinski definition) is 1. The lowest BCUT2D eigenvalue weighted by Crippen LogP contribution is -2.43. The molecule has 0 radical (unpaired) electrons. The van der Waals surface area contributed by atoms with E-state index in [2.05, 4.69) is 46.7 Å². The predicted molar refractivity (Wildman–Crippen MR) is 61.2 cm³/mol. The summed E-state index contributed by atoms with van der Waals surface area (Å²) in [6, 6.07) is 0. The maximum atomic E-state index is 6.04. The predicted octanol–water partition coefficient (Wildman–Crippen LogP) is 3.42. The molecule has 1 nitrogen and oxygen atoms in total. The number of hydrogen-bond donors (Lipinski definition) is 0. The van der Waals surface area contributed by atoms with Crippen LogP contribution in [0.2, 0.25) is 18.1 Å². The third-order valence-electron chi connectivity index (χ3n) is 2.71. The molecule has 0 aliphatic heterocycles. The van der Waals surface area contributed by atoms with E-state index in [-0.39, 0.29) is 11.1 Å². The van der Waals surface area contributed by atoms with Crippen molar-refractivity contribution in [1.29, 1.82) is 0 Å². The molecule has 0 bridgehead atoms. The molecule has 1 atom stereocenters. The van der Waals surface area contributed by atoms with Crippen molar-refractivity contribution in [2.45, 2.75) is 58.4 Å². The fourth-order valence-corrected chi connectivity index (χ4v) is 2.33. The van der Waals surface area contributed by atoms with Gasteiger partial charge in [-0.25, -0.2) is 0 Å². The summed E-state index contributed by atoms with van der Waals surface area (Å²) in [6.45, 7) is 13.3. The van der Waals surface area contributed by atoms with Gasteiger partial charge in [0.15, 0.2) is 8.32 Å². The molecule has 0 saturated carbocycles. The van der Waals surface area contributed by atoms with Crippen LogP contribution in [0, 0.1) is 12.3 Å². The molecule has 0 aromatic carbocycles.